The van der Waals surface area contributed by atoms with Gasteiger partial charge in [0.05, 0.1) is 0 Å². The highest BCUT2D eigenvalue weighted by molar-refractivity contribution is 4.72. The molecular formula is C15H33N5. The van der Waals surface area contributed by atoms with Gasteiger partial charge in [0, 0.05) is 65.4 Å². The fourth-order valence-electron chi connectivity index (χ4n) is 3.20. The smallest absolute Gasteiger partial charge is 0.0110 e. The molecule has 3 N–H and O–H groups in total. The van der Waals surface area contributed by atoms with Crippen molar-refractivity contribution < 1.29 is 0 Å². The van der Waals surface area contributed by atoms with E-state index in [1.807, 2.05) is 0 Å². The molecule has 2 saturated heterocycles. The van der Waals surface area contributed by atoms with E-state index in [4.69, 9.17) is 5.73 Å². The number of piperazine rings is 2. The third-order valence-corrected chi connectivity index (χ3v) is 4.57. The van der Waals surface area contributed by atoms with Crippen LogP contribution in [0.15, 0.2) is 0 Å². The Morgan fingerprint density at radius 2 is 1.15 bits per heavy atom. The first-order valence-electron chi connectivity index (χ1n) is 8.46. The Labute approximate surface area is 124 Å². The summed E-state index contributed by atoms with van der Waals surface area (Å²) in [5.41, 5.74) is 5.61. The molecule has 0 atom stereocenters. The maximum absolute atomic E-state index is 5.61. The van der Waals surface area contributed by atoms with Crippen molar-refractivity contribution in [3.8, 4) is 0 Å². The molecule has 118 valence electrons. The first kappa shape index (κ1) is 16.2. The average molecular weight is 283 g/mol. The van der Waals surface area contributed by atoms with Crippen LogP contribution in [0.25, 0.3) is 0 Å². The predicted molar refractivity (Wildman–Crippen MR) is 85.1 cm³/mol. The molecule has 5 nitrogen and oxygen atoms in total. The second-order valence-corrected chi connectivity index (χ2v) is 6.12. The Hall–Kier alpha value is -0.200. The van der Waals surface area contributed by atoms with Gasteiger partial charge >= 0.3 is 0 Å². The summed E-state index contributed by atoms with van der Waals surface area (Å²) in [7, 11) is 0. The second kappa shape index (κ2) is 9.68. The van der Waals surface area contributed by atoms with Gasteiger partial charge in [0.15, 0.2) is 0 Å². The van der Waals surface area contributed by atoms with Crippen molar-refractivity contribution in [1.82, 2.24) is 20.0 Å². The van der Waals surface area contributed by atoms with Gasteiger partial charge in [-0.15, -0.1) is 0 Å². The van der Waals surface area contributed by atoms with Gasteiger partial charge in [-0.05, 0) is 25.9 Å². The monoisotopic (exact) mass is 283 g/mol. The van der Waals surface area contributed by atoms with Crippen LogP contribution in [0.4, 0.5) is 0 Å². The molecule has 0 spiro atoms. The van der Waals surface area contributed by atoms with Crippen molar-refractivity contribution in [1.29, 1.82) is 0 Å². The summed E-state index contributed by atoms with van der Waals surface area (Å²) in [6.07, 6.45) is 4.11. The van der Waals surface area contributed by atoms with Gasteiger partial charge in [-0.3, -0.25) is 4.90 Å². The normalized spacial score (nSPS) is 23.2. The van der Waals surface area contributed by atoms with E-state index in [0.29, 0.717) is 0 Å². The topological polar surface area (TPSA) is 47.8 Å². The van der Waals surface area contributed by atoms with Gasteiger partial charge in [0.1, 0.15) is 0 Å². The predicted octanol–water partition coefficient (Wildman–Crippen LogP) is -0.362. The Bertz CT molecular complexity index is 234. The summed E-state index contributed by atoms with van der Waals surface area (Å²) in [6.45, 7) is 14.2. The minimum Gasteiger partial charge on any atom is -0.329 e. The third-order valence-electron chi connectivity index (χ3n) is 4.57. The van der Waals surface area contributed by atoms with Crippen molar-refractivity contribution in [2.45, 2.75) is 19.3 Å². The van der Waals surface area contributed by atoms with E-state index >= 15 is 0 Å². The van der Waals surface area contributed by atoms with E-state index in [1.165, 1.54) is 84.7 Å². The Balaban J connectivity index is 1.43. The molecule has 0 amide bonds. The van der Waals surface area contributed by atoms with Crippen LogP contribution >= 0.6 is 0 Å². The molecule has 0 bridgehead atoms. The standard InChI is InChI=1S/C15H33N5/c16-4-9-20-14-12-19(13-15-20)8-3-1-2-7-18-10-5-17-6-11-18/h17H,1-16H2. The highest BCUT2D eigenvalue weighted by Gasteiger charge is 2.15. The average Bonchev–Trinajstić information content (AvgIpc) is 2.50. The molecule has 5 heteroatoms. The number of hydrogen-bond donors (Lipinski definition) is 2. The van der Waals surface area contributed by atoms with Crippen LogP contribution in [0.2, 0.25) is 0 Å². The molecule has 2 rings (SSSR count). The molecule has 2 fully saturated rings. The van der Waals surface area contributed by atoms with E-state index < -0.39 is 0 Å². The highest BCUT2D eigenvalue weighted by atomic mass is 15.3. The quantitative estimate of drug-likeness (QED) is 0.596. The molecule has 0 aromatic heterocycles. The van der Waals surface area contributed by atoms with Crippen LogP contribution in [-0.2, 0) is 0 Å². The number of nitrogens with two attached hydrogens (primary N) is 1. The Morgan fingerprint density at radius 1 is 0.650 bits per heavy atom. The Morgan fingerprint density at radius 3 is 1.70 bits per heavy atom. The summed E-state index contributed by atoms with van der Waals surface area (Å²) in [4.78, 5) is 7.71. The van der Waals surface area contributed by atoms with E-state index in [-0.39, 0.29) is 0 Å². The molecule has 0 saturated carbocycles. The fraction of sp³-hybridized carbons (Fsp3) is 1.00. The maximum Gasteiger partial charge on any atom is 0.0110 e. The zero-order valence-corrected chi connectivity index (χ0v) is 13.0. The minimum absolute atomic E-state index is 0.798. The summed E-state index contributed by atoms with van der Waals surface area (Å²) >= 11 is 0. The third kappa shape index (κ3) is 6.06. The minimum atomic E-state index is 0.798. The fourth-order valence-corrected chi connectivity index (χ4v) is 3.20. The van der Waals surface area contributed by atoms with Crippen molar-refractivity contribution in [2.24, 2.45) is 5.73 Å². The van der Waals surface area contributed by atoms with E-state index in [1.54, 1.807) is 0 Å². The number of unbranched alkanes of at least 4 members (excludes halogenated alkanes) is 2. The number of hydrogen-bond acceptors (Lipinski definition) is 5. The van der Waals surface area contributed by atoms with Crippen LogP contribution in [-0.4, -0.2) is 93.2 Å². The molecule has 2 aliphatic rings. The van der Waals surface area contributed by atoms with Crippen molar-refractivity contribution >= 4 is 0 Å². The molecule has 20 heavy (non-hydrogen) atoms. The lowest BCUT2D eigenvalue weighted by Gasteiger charge is -2.34. The zero-order valence-electron chi connectivity index (χ0n) is 13.0. The van der Waals surface area contributed by atoms with Crippen LogP contribution in [0, 0.1) is 0 Å². The molecule has 0 unspecified atom stereocenters. The molecule has 0 aromatic carbocycles. The number of nitrogens with zero attached hydrogens (tertiary/aromatic N) is 3. The van der Waals surface area contributed by atoms with Gasteiger partial charge in [-0.1, -0.05) is 6.42 Å². The molecule has 0 radical (unpaired) electrons. The SMILES string of the molecule is NCCN1CCN(CCCCCN2CCNCC2)CC1. The summed E-state index contributed by atoms with van der Waals surface area (Å²) in [5, 5.41) is 3.41. The van der Waals surface area contributed by atoms with Gasteiger partial charge in [0.25, 0.3) is 0 Å². The molecule has 2 aliphatic heterocycles. The summed E-state index contributed by atoms with van der Waals surface area (Å²) in [6, 6.07) is 0. The lowest BCUT2D eigenvalue weighted by atomic mass is 10.2. The first-order chi connectivity index (χ1) is 9.88. The van der Waals surface area contributed by atoms with Gasteiger partial charge < -0.3 is 20.9 Å². The lowest BCUT2D eigenvalue weighted by molar-refractivity contribution is 0.133. The van der Waals surface area contributed by atoms with Crippen LogP contribution in [0.1, 0.15) is 19.3 Å². The van der Waals surface area contributed by atoms with Crippen molar-refractivity contribution in [3.05, 3.63) is 0 Å². The van der Waals surface area contributed by atoms with Gasteiger partial charge in [0.2, 0.25) is 0 Å². The molecule has 0 aromatic rings. The molecule has 2 heterocycles. The zero-order chi connectivity index (χ0) is 14.0. The molecule has 0 aliphatic carbocycles. The number of rotatable bonds is 8. The van der Waals surface area contributed by atoms with E-state index in [0.717, 1.165) is 13.1 Å². The van der Waals surface area contributed by atoms with E-state index in [9.17, 15) is 0 Å². The largest absolute Gasteiger partial charge is 0.329 e. The summed E-state index contributed by atoms with van der Waals surface area (Å²) < 4.78 is 0. The highest BCUT2D eigenvalue weighted by Crippen LogP contribution is 2.05. The van der Waals surface area contributed by atoms with Gasteiger partial charge in [-0.2, -0.15) is 0 Å². The van der Waals surface area contributed by atoms with Crippen LogP contribution in [0.5, 0.6) is 0 Å². The van der Waals surface area contributed by atoms with Crippen molar-refractivity contribution in [3.63, 3.8) is 0 Å². The maximum atomic E-state index is 5.61. The number of nitrogens with one attached hydrogen (secondary N) is 1. The van der Waals surface area contributed by atoms with Crippen molar-refractivity contribution in [2.75, 3.05) is 78.5 Å². The molecular weight excluding hydrogens is 250 g/mol. The van der Waals surface area contributed by atoms with E-state index in [2.05, 4.69) is 20.0 Å². The Kier molecular flexibility index (Phi) is 7.83. The van der Waals surface area contributed by atoms with Gasteiger partial charge in [-0.25, -0.2) is 0 Å². The summed E-state index contributed by atoms with van der Waals surface area (Å²) in [5.74, 6) is 0. The van der Waals surface area contributed by atoms with Crippen LogP contribution < -0.4 is 11.1 Å². The lowest BCUT2D eigenvalue weighted by Crippen LogP contribution is -2.47. The van der Waals surface area contributed by atoms with Crippen LogP contribution in [0.3, 0.4) is 0 Å². The first-order valence-corrected chi connectivity index (χ1v) is 8.46. The second-order valence-electron chi connectivity index (χ2n) is 6.12.